The lowest BCUT2D eigenvalue weighted by atomic mass is 9.93. The third-order valence-corrected chi connectivity index (χ3v) is 4.00. The van der Waals surface area contributed by atoms with Gasteiger partial charge in [-0.25, -0.2) is 0 Å². The van der Waals surface area contributed by atoms with Crippen LogP contribution in [0.3, 0.4) is 0 Å². The molecule has 1 amide bonds. The van der Waals surface area contributed by atoms with Crippen molar-refractivity contribution in [2.45, 2.75) is 63.0 Å². The highest BCUT2D eigenvalue weighted by Crippen LogP contribution is 2.26. The second-order valence-corrected chi connectivity index (χ2v) is 5.51. The Labute approximate surface area is 103 Å². The summed E-state index contributed by atoms with van der Waals surface area (Å²) in [5, 5.41) is 16.6. The van der Waals surface area contributed by atoms with Crippen molar-refractivity contribution in [1.29, 1.82) is 0 Å². The van der Waals surface area contributed by atoms with E-state index in [9.17, 15) is 9.90 Å². The minimum atomic E-state index is -0.589. The van der Waals surface area contributed by atoms with Gasteiger partial charge in [0.2, 0.25) is 5.91 Å². The first kappa shape index (κ1) is 12.8. The van der Waals surface area contributed by atoms with Gasteiger partial charge in [0.25, 0.3) is 0 Å². The van der Waals surface area contributed by atoms with Crippen LogP contribution >= 0.6 is 0 Å². The molecule has 98 valence electrons. The quantitative estimate of drug-likeness (QED) is 0.643. The van der Waals surface area contributed by atoms with Gasteiger partial charge in [-0.2, -0.15) is 0 Å². The van der Waals surface area contributed by atoms with Crippen molar-refractivity contribution in [3.8, 4) is 0 Å². The number of carbonyl (C=O) groups is 1. The number of amides is 1. The van der Waals surface area contributed by atoms with Crippen molar-refractivity contribution >= 4 is 5.91 Å². The number of rotatable bonds is 3. The topological polar surface area (TPSA) is 61.4 Å². The molecule has 2 fully saturated rings. The van der Waals surface area contributed by atoms with Crippen molar-refractivity contribution in [1.82, 2.24) is 10.6 Å². The molecule has 0 aromatic heterocycles. The predicted octanol–water partition coefficient (Wildman–Crippen LogP) is 0.940. The van der Waals surface area contributed by atoms with Gasteiger partial charge < -0.3 is 15.7 Å². The van der Waals surface area contributed by atoms with Crippen molar-refractivity contribution in [2.75, 3.05) is 13.1 Å². The molecule has 0 aromatic rings. The van der Waals surface area contributed by atoms with Crippen LogP contribution in [0.15, 0.2) is 0 Å². The van der Waals surface area contributed by atoms with Crippen LogP contribution in [-0.2, 0) is 4.79 Å². The van der Waals surface area contributed by atoms with Crippen LogP contribution in [0.25, 0.3) is 0 Å². The highest BCUT2D eigenvalue weighted by atomic mass is 16.3. The first-order valence-corrected chi connectivity index (χ1v) is 6.93. The van der Waals surface area contributed by atoms with Crippen LogP contribution < -0.4 is 10.6 Å². The second kappa shape index (κ2) is 5.83. The SMILES string of the molecule is O=C1NCCCC1NCC1(O)CCCCCC1. The monoisotopic (exact) mass is 240 g/mol. The summed E-state index contributed by atoms with van der Waals surface area (Å²) >= 11 is 0. The largest absolute Gasteiger partial charge is 0.389 e. The molecule has 1 atom stereocenters. The molecule has 4 nitrogen and oxygen atoms in total. The van der Waals surface area contributed by atoms with E-state index >= 15 is 0 Å². The Hall–Kier alpha value is -0.610. The van der Waals surface area contributed by atoms with Gasteiger partial charge in [-0.3, -0.25) is 4.79 Å². The molecule has 1 unspecified atom stereocenters. The Morgan fingerprint density at radius 3 is 2.59 bits per heavy atom. The lowest BCUT2D eigenvalue weighted by Gasteiger charge is -2.30. The molecule has 1 saturated heterocycles. The van der Waals surface area contributed by atoms with E-state index < -0.39 is 5.60 Å². The van der Waals surface area contributed by atoms with E-state index in [0.717, 1.165) is 45.1 Å². The Bertz CT molecular complexity index is 260. The smallest absolute Gasteiger partial charge is 0.237 e. The van der Waals surface area contributed by atoms with Gasteiger partial charge in [0, 0.05) is 13.1 Å². The van der Waals surface area contributed by atoms with E-state index in [-0.39, 0.29) is 11.9 Å². The molecule has 1 heterocycles. The van der Waals surface area contributed by atoms with Gasteiger partial charge >= 0.3 is 0 Å². The van der Waals surface area contributed by atoms with Crippen molar-refractivity contribution in [3.63, 3.8) is 0 Å². The number of hydrogen-bond acceptors (Lipinski definition) is 3. The Kier molecular flexibility index (Phi) is 4.40. The van der Waals surface area contributed by atoms with Gasteiger partial charge in [0.1, 0.15) is 0 Å². The lowest BCUT2D eigenvalue weighted by Crippen LogP contribution is -2.52. The molecule has 3 N–H and O–H groups in total. The maximum Gasteiger partial charge on any atom is 0.237 e. The zero-order valence-electron chi connectivity index (χ0n) is 10.5. The van der Waals surface area contributed by atoms with E-state index in [1.165, 1.54) is 12.8 Å². The van der Waals surface area contributed by atoms with E-state index in [0.29, 0.717) is 6.54 Å². The molecule has 0 radical (unpaired) electrons. The average molecular weight is 240 g/mol. The number of piperidine rings is 1. The number of carbonyl (C=O) groups excluding carboxylic acids is 1. The molecule has 17 heavy (non-hydrogen) atoms. The van der Waals surface area contributed by atoms with Gasteiger partial charge in [-0.15, -0.1) is 0 Å². The van der Waals surface area contributed by atoms with Gasteiger partial charge in [0.05, 0.1) is 11.6 Å². The molecule has 1 aliphatic heterocycles. The second-order valence-electron chi connectivity index (χ2n) is 5.51. The number of nitrogens with one attached hydrogen (secondary N) is 2. The molecule has 1 aliphatic carbocycles. The highest BCUT2D eigenvalue weighted by molar-refractivity contribution is 5.82. The van der Waals surface area contributed by atoms with Crippen LogP contribution in [0.5, 0.6) is 0 Å². The fourth-order valence-electron chi connectivity index (χ4n) is 2.84. The van der Waals surface area contributed by atoms with Crippen LogP contribution in [0.4, 0.5) is 0 Å². The van der Waals surface area contributed by atoms with E-state index in [2.05, 4.69) is 10.6 Å². The standard InChI is InChI=1S/C13H24N2O2/c16-12-11(6-5-9-14-12)15-10-13(17)7-3-1-2-4-8-13/h11,15,17H,1-10H2,(H,14,16). The fraction of sp³-hybridized carbons (Fsp3) is 0.923. The van der Waals surface area contributed by atoms with E-state index in [1.54, 1.807) is 0 Å². The maximum absolute atomic E-state index is 11.6. The van der Waals surface area contributed by atoms with Crippen LogP contribution in [0, 0.1) is 0 Å². The zero-order valence-corrected chi connectivity index (χ0v) is 10.5. The summed E-state index contributed by atoms with van der Waals surface area (Å²) in [4.78, 5) is 11.6. The molecule has 2 aliphatic rings. The van der Waals surface area contributed by atoms with Gasteiger partial charge in [-0.05, 0) is 25.7 Å². The summed E-state index contributed by atoms with van der Waals surface area (Å²) < 4.78 is 0. The van der Waals surface area contributed by atoms with Crippen molar-refractivity contribution in [2.24, 2.45) is 0 Å². The first-order valence-electron chi connectivity index (χ1n) is 6.93. The number of aliphatic hydroxyl groups is 1. The van der Waals surface area contributed by atoms with Crippen LogP contribution in [-0.4, -0.2) is 35.7 Å². The summed E-state index contributed by atoms with van der Waals surface area (Å²) in [5.74, 6) is 0.0912. The first-order chi connectivity index (χ1) is 8.20. The normalized spacial score (nSPS) is 29.5. The molecular weight excluding hydrogens is 216 g/mol. The highest BCUT2D eigenvalue weighted by Gasteiger charge is 2.30. The van der Waals surface area contributed by atoms with Crippen LogP contribution in [0.2, 0.25) is 0 Å². The Morgan fingerprint density at radius 2 is 1.94 bits per heavy atom. The molecule has 0 spiro atoms. The molecule has 1 saturated carbocycles. The molecular formula is C13H24N2O2. The van der Waals surface area contributed by atoms with E-state index in [4.69, 9.17) is 0 Å². The summed E-state index contributed by atoms with van der Waals surface area (Å²) in [6, 6.07) is -0.101. The molecule has 0 aromatic carbocycles. The average Bonchev–Trinajstić information content (AvgIpc) is 2.54. The summed E-state index contributed by atoms with van der Waals surface area (Å²) in [5.41, 5.74) is -0.589. The minimum Gasteiger partial charge on any atom is -0.389 e. The molecule has 0 bridgehead atoms. The Morgan fingerprint density at radius 1 is 1.24 bits per heavy atom. The molecule has 4 heteroatoms. The third-order valence-electron chi connectivity index (χ3n) is 4.00. The summed E-state index contributed by atoms with van der Waals surface area (Å²) in [6.07, 6.45) is 8.33. The summed E-state index contributed by atoms with van der Waals surface area (Å²) in [7, 11) is 0. The van der Waals surface area contributed by atoms with Crippen LogP contribution in [0.1, 0.15) is 51.4 Å². The zero-order chi connectivity index (χ0) is 12.1. The minimum absolute atomic E-state index is 0.0912. The van der Waals surface area contributed by atoms with Gasteiger partial charge in [0.15, 0.2) is 0 Å². The van der Waals surface area contributed by atoms with Crippen molar-refractivity contribution < 1.29 is 9.90 Å². The maximum atomic E-state index is 11.6. The number of hydrogen-bond donors (Lipinski definition) is 3. The van der Waals surface area contributed by atoms with Gasteiger partial charge in [-0.1, -0.05) is 25.7 Å². The fourth-order valence-corrected chi connectivity index (χ4v) is 2.84. The van der Waals surface area contributed by atoms with Crippen molar-refractivity contribution in [3.05, 3.63) is 0 Å². The molecule has 2 rings (SSSR count). The summed E-state index contributed by atoms with van der Waals surface area (Å²) in [6.45, 7) is 1.35. The third kappa shape index (κ3) is 3.68. The Balaban J connectivity index is 1.81. The lowest BCUT2D eigenvalue weighted by molar-refractivity contribution is -0.124. The predicted molar refractivity (Wildman–Crippen MR) is 66.7 cm³/mol. The van der Waals surface area contributed by atoms with E-state index in [1.807, 2.05) is 0 Å².